The van der Waals surface area contributed by atoms with Gasteiger partial charge in [-0.15, -0.1) is 0 Å². The van der Waals surface area contributed by atoms with Crippen molar-refractivity contribution in [2.75, 3.05) is 33.9 Å². The molecule has 0 aromatic heterocycles. The van der Waals surface area contributed by atoms with Gasteiger partial charge in [-0.2, -0.15) is 5.26 Å². The first kappa shape index (κ1) is 29.9. The highest BCUT2D eigenvalue weighted by Crippen LogP contribution is 2.39. The van der Waals surface area contributed by atoms with Crippen LogP contribution in [-0.2, 0) is 5.41 Å². The molecule has 0 amide bonds. The molecule has 0 aliphatic carbocycles. The number of benzene rings is 2. The van der Waals surface area contributed by atoms with Crippen molar-refractivity contribution in [2.45, 2.75) is 82.7 Å². The Hall–Kier alpha value is -2.62. The molecule has 0 spiro atoms. The van der Waals surface area contributed by atoms with E-state index in [-0.39, 0.29) is 11.7 Å². The first-order valence-electron chi connectivity index (χ1n) is 14.3. The number of methoxy groups -OCH3 is 2. The Kier molecular flexibility index (Phi) is 11.9. The van der Waals surface area contributed by atoms with Gasteiger partial charge < -0.3 is 19.5 Å². The highest BCUT2D eigenvalue weighted by molar-refractivity contribution is 5.47. The lowest BCUT2D eigenvalue weighted by molar-refractivity contribution is 0.0580. The molecule has 1 aliphatic heterocycles. The second kappa shape index (κ2) is 15.1. The molecule has 5 nitrogen and oxygen atoms in total. The summed E-state index contributed by atoms with van der Waals surface area (Å²) in [5.74, 6) is 1.25. The number of nitriles is 1. The van der Waals surface area contributed by atoms with Crippen molar-refractivity contribution >= 4 is 0 Å². The molecule has 1 N–H and O–H groups in total. The van der Waals surface area contributed by atoms with Gasteiger partial charge in [0.05, 0.1) is 31.8 Å². The lowest BCUT2D eigenvalue weighted by atomic mass is 9.74. The maximum atomic E-state index is 13.2. The maximum Gasteiger partial charge on any atom is 0.161 e. The van der Waals surface area contributed by atoms with Crippen LogP contribution >= 0.6 is 0 Å². The van der Waals surface area contributed by atoms with E-state index in [9.17, 15) is 14.8 Å². The fourth-order valence-electron chi connectivity index (χ4n) is 5.78. The van der Waals surface area contributed by atoms with Crippen LogP contribution < -0.4 is 9.47 Å². The van der Waals surface area contributed by atoms with Gasteiger partial charge in [0, 0.05) is 0 Å². The van der Waals surface area contributed by atoms with Gasteiger partial charge in [0.1, 0.15) is 5.82 Å². The summed E-state index contributed by atoms with van der Waals surface area (Å²) in [4.78, 5) is 2.45. The van der Waals surface area contributed by atoms with E-state index in [2.05, 4.69) is 17.9 Å². The summed E-state index contributed by atoms with van der Waals surface area (Å²) in [7, 11) is 3.27. The van der Waals surface area contributed by atoms with Gasteiger partial charge in [0.2, 0.25) is 0 Å². The largest absolute Gasteiger partial charge is 0.493 e. The average Bonchev–Trinajstić information content (AvgIpc) is 2.96. The molecule has 0 saturated carbocycles. The number of aliphatic hydroxyl groups excluding tert-OH is 1. The van der Waals surface area contributed by atoms with Crippen LogP contribution in [0.3, 0.4) is 0 Å². The molecular formula is C32H45FN2O3. The van der Waals surface area contributed by atoms with Gasteiger partial charge in [-0.05, 0) is 93.0 Å². The number of piperidine rings is 1. The molecule has 0 bridgehead atoms. The summed E-state index contributed by atoms with van der Waals surface area (Å²) in [6.07, 6.45) is 9.68. The summed E-state index contributed by atoms with van der Waals surface area (Å²) in [5, 5.41) is 21.3. The Balaban J connectivity index is 1.60. The van der Waals surface area contributed by atoms with Gasteiger partial charge in [0.25, 0.3) is 0 Å². The number of hydrogen-bond acceptors (Lipinski definition) is 5. The van der Waals surface area contributed by atoms with Crippen LogP contribution in [0, 0.1) is 23.1 Å². The van der Waals surface area contributed by atoms with Gasteiger partial charge in [-0.1, -0.05) is 57.2 Å². The summed E-state index contributed by atoms with van der Waals surface area (Å²) >= 11 is 0. The Morgan fingerprint density at radius 1 is 0.974 bits per heavy atom. The molecule has 2 atom stereocenters. The maximum absolute atomic E-state index is 13.2. The number of likely N-dealkylation sites (tertiary alicyclic amines) is 1. The van der Waals surface area contributed by atoms with Gasteiger partial charge in [-0.25, -0.2) is 4.39 Å². The Morgan fingerprint density at radius 2 is 1.63 bits per heavy atom. The van der Waals surface area contributed by atoms with Crippen molar-refractivity contribution in [1.29, 1.82) is 5.26 Å². The van der Waals surface area contributed by atoms with Gasteiger partial charge >= 0.3 is 0 Å². The van der Waals surface area contributed by atoms with E-state index < -0.39 is 11.5 Å². The summed E-state index contributed by atoms with van der Waals surface area (Å²) < 4.78 is 24.2. The Bertz CT molecular complexity index is 1010. The predicted octanol–water partition coefficient (Wildman–Crippen LogP) is 7.19. The SMILES string of the molecule is CCCCCCCC(C#N)(CCCN1CCC(C(O)c2ccc(F)cc2)CC1)c1ccc(OC)c(OC)c1. The summed E-state index contributed by atoms with van der Waals surface area (Å²) in [5.41, 5.74) is 1.25. The standard InChI is InChI=1S/C32H45FN2O3/c1-4-5-6-7-8-18-32(24-34,27-12-15-29(37-2)30(23-27)38-3)19-9-20-35-21-16-26(17-22-35)31(36)25-10-13-28(33)14-11-25/h10-15,23,26,31,36H,4-9,16-22H2,1-3H3. The van der Waals surface area contributed by atoms with Crippen LogP contribution in [0.4, 0.5) is 4.39 Å². The minimum atomic E-state index is -0.554. The number of hydrogen-bond donors (Lipinski definition) is 1. The van der Waals surface area contributed by atoms with E-state index in [4.69, 9.17) is 9.47 Å². The molecule has 1 aliphatic rings. The van der Waals surface area contributed by atoms with Crippen molar-refractivity contribution in [1.82, 2.24) is 4.90 Å². The summed E-state index contributed by atoms with van der Waals surface area (Å²) in [6.45, 7) is 5.01. The van der Waals surface area contributed by atoms with Crippen LogP contribution in [0.1, 0.15) is 88.4 Å². The monoisotopic (exact) mass is 524 g/mol. The zero-order chi connectivity index (χ0) is 27.4. The number of unbranched alkanes of at least 4 members (excludes halogenated alkanes) is 4. The molecule has 6 heteroatoms. The second-order valence-corrected chi connectivity index (χ2v) is 10.7. The molecule has 2 aromatic carbocycles. The molecule has 1 heterocycles. The van der Waals surface area contributed by atoms with E-state index in [1.54, 1.807) is 26.4 Å². The van der Waals surface area contributed by atoms with E-state index in [0.29, 0.717) is 11.5 Å². The van der Waals surface area contributed by atoms with Crippen molar-refractivity contribution in [3.05, 3.63) is 59.4 Å². The zero-order valence-corrected chi connectivity index (χ0v) is 23.4. The molecule has 2 unspecified atom stereocenters. The molecule has 2 aromatic rings. The van der Waals surface area contributed by atoms with Crippen LogP contribution in [0.2, 0.25) is 0 Å². The topological polar surface area (TPSA) is 65.7 Å². The van der Waals surface area contributed by atoms with Crippen LogP contribution in [0.15, 0.2) is 42.5 Å². The molecule has 1 fully saturated rings. The minimum absolute atomic E-state index is 0.185. The predicted molar refractivity (Wildman–Crippen MR) is 150 cm³/mol. The minimum Gasteiger partial charge on any atom is -0.493 e. The number of nitrogens with zero attached hydrogens (tertiary/aromatic N) is 2. The molecule has 3 rings (SSSR count). The number of halogens is 1. The van der Waals surface area contributed by atoms with E-state index in [0.717, 1.165) is 75.7 Å². The van der Waals surface area contributed by atoms with E-state index in [1.165, 1.54) is 31.4 Å². The van der Waals surface area contributed by atoms with Crippen LogP contribution in [-0.4, -0.2) is 43.9 Å². The molecule has 38 heavy (non-hydrogen) atoms. The lowest BCUT2D eigenvalue weighted by Gasteiger charge is -2.35. The second-order valence-electron chi connectivity index (χ2n) is 10.7. The smallest absolute Gasteiger partial charge is 0.161 e. The van der Waals surface area contributed by atoms with Crippen molar-refractivity contribution in [2.24, 2.45) is 5.92 Å². The number of ether oxygens (including phenoxy) is 2. The highest BCUT2D eigenvalue weighted by atomic mass is 19.1. The van der Waals surface area contributed by atoms with Crippen LogP contribution in [0.25, 0.3) is 0 Å². The first-order valence-corrected chi connectivity index (χ1v) is 14.3. The normalized spacial score (nSPS) is 16.9. The van der Waals surface area contributed by atoms with E-state index in [1.807, 2.05) is 18.2 Å². The van der Waals surface area contributed by atoms with Gasteiger partial charge in [0.15, 0.2) is 11.5 Å². The molecule has 208 valence electrons. The molecule has 1 saturated heterocycles. The number of aliphatic hydroxyl groups is 1. The zero-order valence-electron chi connectivity index (χ0n) is 23.4. The third-order valence-corrected chi connectivity index (χ3v) is 8.23. The Morgan fingerprint density at radius 3 is 2.26 bits per heavy atom. The molecule has 0 radical (unpaired) electrons. The first-order chi connectivity index (χ1) is 18.5. The third kappa shape index (κ3) is 7.94. The lowest BCUT2D eigenvalue weighted by Crippen LogP contribution is -2.37. The third-order valence-electron chi connectivity index (χ3n) is 8.23. The molecular weight excluding hydrogens is 479 g/mol. The van der Waals surface area contributed by atoms with Crippen molar-refractivity contribution in [3.8, 4) is 17.6 Å². The van der Waals surface area contributed by atoms with Crippen LogP contribution in [0.5, 0.6) is 11.5 Å². The van der Waals surface area contributed by atoms with E-state index >= 15 is 0 Å². The fourth-order valence-corrected chi connectivity index (χ4v) is 5.78. The number of rotatable bonds is 15. The average molecular weight is 525 g/mol. The van der Waals surface area contributed by atoms with Gasteiger partial charge in [-0.3, -0.25) is 0 Å². The quantitative estimate of drug-likeness (QED) is 0.250. The summed E-state index contributed by atoms with van der Waals surface area (Å²) in [6, 6.07) is 14.8. The Labute approximate surface area is 228 Å². The van der Waals surface area contributed by atoms with Crippen molar-refractivity contribution < 1.29 is 19.0 Å². The highest BCUT2D eigenvalue weighted by Gasteiger charge is 2.33. The fraction of sp³-hybridized carbons (Fsp3) is 0.594. The van der Waals surface area contributed by atoms with Crippen molar-refractivity contribution in [3.63, 3.8) is 0 Å².